The lowest BCUT2D eigenvalue weighted by molar-refractivity contribution is -0.140. The van der Waals surface area contributed by atoms with Crippen molar-refractivity contribution in [2.75, 3.05) is 26.4 Å². The van der Waals surface area contributed by atoms with E-state index >= 15 is 0 Å². The number of esters is 1. The van der Waals surface area contributed by atoms with Gasteiger partial charge in [-0.3, -0.25) is 0 Å². The molecule has 1 aliphatic rings. The molecule has 0 aliphatic carbocycles. The average Bonchev–Trinajstić information content (AvgIpc) is 3.12. The standard InChI is InChI=1S/C10H14O4.C2H6/c1-3-4-12-5-8(2)10(11)14-7-9-6-13-9;1-2/h3,9H,1-2,4-7H2;1-2H3. The molecule has 1 aliphatic heterocycles. The molecule has 1 fully saturated rings. The van der Waals surface area contributed by atoms with Crippen LogP contribution in [0.3, 0.4) is 0 Å². The molecule has 0 spiro atoms. The quantitative estimate of drug-likeness (QED) is 0.219. The second kappa shape index (κ2) is 9.12. The summed E-state index contributed by atoms with van der Waals surface area (Å²) in [5, 5.41) is 0. The van der Waals surface area contributed by atoms with Crippen LogP contribution in [0.5, 0.6) is 0 Å². The van der Waals surface area contributed by atoms with E-state index in [0.717, 1.165) is 0 Å². The molecule has 1 saturated heterocycles. The Bertz CT molecular complexity index is 231. The molecule has 1 heterocycles. The minimum absolute atomic E-state index is 0.0841. The van der Waals surface area contributed by atoms with Gasteiger partial charge in [-0.2, -0.15) is 0 Å². The lowest BCUT2D eigenvalue weighted by Crippen LogP contribution is -2.14. The van der Waals surface area contributed by atoms with Gasteiger partial charge in [0.25, 0.3) is 0 Å². The fraction of sp³-hybridized carbons (Fsp3) is 0.583. The van der Waals surface area contributed by atoms with Gasteiger partial charge >= 0.3 is 5.97 Å². The summed E-state index contributed by atoms with van der Waals surface area (Å²) in [4.78, 5) is 11.2. The van der Waals surface area contributed by atoms with Crippen LogP contribution in [0.4, 0.5) is 0 Å². The third-order valence-corrected chi connectivity index (χ3v) is 1.60. The van der Waals surface area contributed by atoms with E-state index in [1.807, 2.05) is 13.8 Å². The van der Waals surface area contributed by atoms with E-state index in [1.54, 1.807) is 6.08 Å². The summed E-state index contributed by atoms with van der Waals surface area (Å²) in [6, 6.07) is 0. The van der Waals surface area contributed by atoms with Gasteiger partial charge in [0.05, 0.1) is 25.4 Å². The second-order valence-electron chi connectivity index (χ2n) is 2.96. The van der Waals surface area contributed by atoms with Gasteiger partial charge in [-0.05, 0) is 0 Å². The van der Waals surface area contributed by atoms with Crippen molar-refractivity contribution in [1.29, 1.82) is 0 Å². The highest BCUT2D eigenvalue weighted by Gasteiger charge is 2.24. The molecule has 4 nitrogen and oxygen atoms in total. The minimum Gasteiger partial charge on any atom is -0.459 e. The van der Waals surface area contributed by atoms with E-state index in [9.17, 15) is 4.79 Å². The summed E-state index contributed by atoms with van der Waals surface area (Å²) in [6.07, 6.45) is 1.69. The molecule has 0 N–H and O–H groups in total. The van der Waals surface area contributed by atoms with Gasteiger partial charge in [-0.15, -0.1) is 6.58 Å². The van der Waals surface area contributed by atoms with Crippen molar-refractivity contribution in [3.8, 4) is 0 Å². The molecule has 16 heavy (non-hydrogen) atoms. The van der Waals surface area contributed by atoms with Crippen molar-refractivity contribution >= 4 is 5.97 Å². The Morgan fingerprint density at radius 1 is 1.56 bits per heavy atom. The van der Waals surface area contributed by atoms with Gasteiger partial charge in [0.1, 0.15) is 12.7 Å². The summed E-state index contributed by atoms with van der Waals surface area (Å²) in [6.45, 7) is 12.6. The van der Waals surface area contributed by atoms with Crippen molar-refractivity contribution in [1.82, 2.24) is 0 Å². The normalized spacial score (nSPS) is 16.8. The Balaban J connectivity index is 0.00000106. The summed E-state index contributed by atoms with van der Waals surface area (Å²) >= 11 is 0. The molecule has 0 aromatic rings. The Morgan fingerprint density at radius 3 is 2.69 bits per heavy atom. The van der Waals surface area contributed by atoms with E-state index in [4.69, 9.17) is 14.2 Å². The van der Waals surface area contributed by atoms with E-state index < -0.39 is 5.97 Å². The third kappa shape index (κ3) is 7.20. The fourth-order valence-corrected chi connectivity index (χ4v) is 0.759. The van der Waals surface area contributed by atoms with Crippen molar-refractivity contribution in [3.63, 3.8) is 0 Å². The number of ether oxygens (including phenoxy) is 3. The SMILES string of the molecule is C=CCOCC(=C)C(=O)OCC1CO1.CC. The van der Waals surface area contributed by atoms with Crippen LogP contribution in [-0.4, -0.2) is 38.5 Å². The molecule has 0 radical (unpaired) electrons. The third-order valence-electron chi connectivity index (χ3n) is 1.60. The molecule has 0 saturated carbocycles. The highest BCUT2D eigenvalue weighted by molar-refractivity contribution is 5.87. The van der Waals surface area contributed by atoms with Gasteiger partial charge in [0, 0.05) is 0 Å². The molecule has 1 atom stereocenters. The van der Waals surface area contributed by atoms with Crippen molar-refractivity contribution < 1.29 is 19.0 Å². The maximum Gasteiger partial charge on any atom is 0.335 e. The number of rotatable bonds is 7. The molecular formula is C12H20O4. The molecule has 1 rings (SSSR count). The first kappa shape index (κ1) is 14.9. The maximum absolute atomic E-state index is 11.2. The molecule has 0 aromatic heterocycles. The lowest BCUT2D eigenvalue weighted by Gasteiger charge is -2.05. The maximum atomic E-state index is 11.2. The van der Waals surface area contributed by atoms with E-state index in [-0.39, 0.29) is 12.7 Å². The summed E-state index contributed by atoms with van der Waals surface area (Å²) in [7, 11) is 0. The minimum atomic E-state index is -0.426. The summed E-state index contributed by atoms with van der Waals surface area (Å²) in [5.41, 5.74) is 0.313. The Hall–Kier alpha value is -1.13. The van der Waals surface area contributed by atoms with Gasteiger partial charge in [-0.25, -0.2) is 4.79 Å². The second-order valence-corrected chi connectivity index (χ2v) is 2.96. The molecular weight excluding hydrogens is 208 g/mol. The summed E-state index contributed by atoms with van der Waals surface area (Å²) in [5.74, 6) is -0.426. The molecule has 4 heteroatoms. The van der Waals surface area contributed by atoms with Crippen LogP contribution in [-0.2, 0) is 19.0 Å². The van der Waals surface area contributed by atoms with Crippen LogP contribution in [0.25, 0.3) is 0 Å². The lowest BCUT2D eigenvalue weighted by atomic mass is 10.3. The van der Waals surface area contributed by atoms with Crippen LogP contribution in [0.1, 0.15) is 13.8 Å². The fourth-order valence-electron chi connectivity index (χ4n) is 0.759. The number of hydrogen-bond donors (Lipinski definition) is 0. The van der Waals surface area contributed by atoms with Crippen molar-refractivity contribution in [3.05, 3.63) is 24.8 Å². The first-order chi connectivity index (χ1) is 7.74. The number of hydrogen-bond acceptors (Lipinski definition) is 4. The van der Waals surface area contributed by atoms with Crippen LogP contribution < -0.4 is 0 Å². The highest BCUT2D eigenvalue weighted by Crippen LogP contribution is 2.09. The molecule has 0 amide bonds. The molecule has 0 aromatic carbocycles. The number of carbonyl (C=O) groups excluding carboxylic acids is 1. The average molecular weight is 228 g/mol. The van der Waals surface area contributed by atoms with E-state index in [0.29, 0.717) is 25.4 Å². The molecule has 1 unspecified atom stereocenters. The largest absolute Gasteiger partial charge is 0.459 e. The Labute approximate surface area is 96.9 Å². The topological polar surface area (TPSA) is 48.1 Å². The monoisotopic (exact) mass is 228 g/mol. The van der Waals surface area contributed by atoms with Crippen LogP contribution in [0.2, 0.25) is 0 Å². The smallest absolute Gasteiger partial charge is 0.335 e. The van der Waals surface area contributed by atoms with Gasteiger partial charge in [0.2, 0.25) is 0 Å². The van der Waals surface area contributed by atoms with Gasteiger partial charge in [0.15, 0.2) is 0 Å². The van der Waals surface area contributed by atoms with E-state index in [1.165, 1.54) is 0 Å². The number of epoxide rings is 1. The highest BCUT2D eigenvalue weighted by atomic mass is 16.6. The Kier molecular flexibility index (Phi) is 8.48. The van der Waals surface area contributed by atoms with Crippen molar-refractivity contribution in [2.24, 2.45) is 0 Å². The zero-order chi connectivity index (χ0) is 12.4. The zero-order valence-electron chi connectivity index (χ0n) is 10.0. The Morgan fingerprint density at radius 2 is 2.19 bits per heavy atom. The zero-order valence-corrected chi connectivity index (χ0v) is 10.0. The molecule has 92 valence electrons. The van der Waals surface area contributed by atoms with Gasteiger partial charge in [-0.1, -0.05) is 26.5 Å². The van der Waals surface area contributed by atoms with Crippen molar-refractivity contribution in [2.45, 2.75) is 20.0 Å². The van der Waals surface area contributed by atoms with Crippen LogP contribution in [0.15, 0.2) is 24.8 Å². The van der Waals surface area contributed by atoms with Crippen LogP contribution >= 0.6 is 0 Å². The van der Waals surface area contributed by atoms with Gasteiger partial charge < -0.3 is 14.2 Å². The van der Waals surface area contributed by atoms with E-state index in [2.05, 4.69) is 13.2 Å². The molecule has 0 bridgehead atoms. The number of carbonyl (C=O) groups is 1. The van der Waals surface area contributed by atoms with Crippen LogP contribution in [0, 0.1) is 0 Å². The summed E-state index contributed by atoms with van der Waals surface area (Å²) < 4.78 is 14.8. The predicted octanol–water partition coefficient (Wildman–Crippen LogP) is 1.71. The first-order valence-electron chi connectivity index (χ1n) is 5.39. The predicted molar refractivity (Wildman–Crippen MR) is 62.2 cm³/mol. The first-order valence-corrected chi connectivity index (χ1v) is 5.39.